The van der Waals surface area contributed by atoms with Crippen molar-refractivity contribution in [2.24, 2.45) is 0 Å². The lowest BCUT2D eigenvalue weighted by Gasteiger charge is -2.37. The fourth-order valence-corrected chi connectivity index (χ4v) is 2.95. The number of carbonyl (C=O) groups excluding carboxylic acids is 1. The number of H-pyrrole nitrogens is 1. The van der Waals surface area contributed by atoms with Gasteiger partial charge in [0.1, 0.15) is 6.04 Å². The average molecular weight is 316 g/mol. The number of nitrogens with one attached hydrogen (secondary N) is 1. The van der Waals surface area contributed by atoms with Gasteiger partial charge in [-0.3, -0.25) is 14.8 Å². The lowest BCUT2D eigenvalue weighted by atomic mass is 10.1. The molecule has 1 saturated carbocycles. The first-order valence-corrected chi connectivity index (χ1v) is 7.96. The molecule has 3 heterocycles. The number of piperazine rings is 1. The molecule has 1 N–H and O–H groups in total. The van der Waals surface area contributed by atoms with Crippen molar-refractivity contribution < 1.29 is 9.32 Å². The van der Waals surface area contributed by atoms with Crippen LogP contribution in [0.3, 0.4) is 0 Å². The van der Waals surface area contributed by atoms with Gasteiger partial charge < -0.3 is 9.42 Å². The zero-order valence-corrected chi connectivity index (χ0v) is 13.3. The van der Waals surface area contributed by atoms with Gasteiger partial charge in [0.15, 0.2) is 5.82 Å². The molecule has 1 saturated heterocycles. The summed E-state index contributed by atoms with van der Waals surface area (Å²) in [5.41, 5.74) is 1.41. The van der Waals surface area contributed by atoms with E-state index in [1.165, 1.54) is 0 Å². The Labute approximate surface area is 133 Å². The highest BCUT2D eigenvalue weighted by Crippen LogP contribution is 2.38. The minimum absolute atomic E-state index is 0.00344. The molecule has 0 bridgehead atoms. The van der Waals surface area contributed by atoms with Gasteiger partial charge >= 0.3 is 0 Å². The first-order chi connectivity index (χ1) is 11.1. The van der Waals surface area contributed by atoms with Gasteiger partial charge in [0.25, 0.3) is 5.91 Å². The third kappa shape index (κ3) is 2.63. The van der Waals surface area contributed by atoms with Crippen molar-refractivity contribution in [1.82, 2.24) is 30.1 Å². The van der Waals surface area contributed by atoms with Crippen LogP contribution in [-0.4, -0.2) is 62.7 Å². The molecule has 1 aliphatic carbocycles. The van der Waals surface area contributed by atoms with Gasteiger partial charge in [-0.2, -0.15) is 10.1 Å². The van der Waals surface area contributed by atoms with E-state index < -0.39 is 0 Å². The van der Waals surface area contributed by atoms with Gasteiger partial charge in [-0.05, 0) is 26.8 Å². The summed E-state index contributed by atoms with van der Waals surface area (Å²) in [6.45, 7) is 3.86. The van der Waals surface area contributed by atoms with Crippen molar-refractivity contribution in [3.63, 3.8) is 0 Å². The van der Waals surface area contributed by atoms with E-state index in [-0.39, 0.29) is 11.9 Å². The van der Waals surface area contributed by atoms with Crippen molar-refractivity contribution in [2.75, 3.05) is 26.7 Å². The van der Waals surface area contributed by atoms with Crippen LogP contribution in [0.15, 0.2) is 10.7 Å². The Kier molecular flexibility index (Phi) is 3.41. The number of likely N-dealkylation sites (N-methyl/N-ethyl adjacent to an activating group) is 1. The summed E-state index contributed by atoms with van der Waals surface area (Å²) in [4.78, 5) is 21.2. The van der Waals surface area contributed by atoms with Crippen molar-refractivity contribution in [3.05, 3.63) is 29.2 Å². The van der Waals surface area contributed by atoms with Crippen LogP contribution >= 0.6 is 0 Å². The Hall–Kier alpha value is -2.22. The lowest BCUT2D eigenvalue weighted by molar-refractivity contribution is 0.0488. The molecule has 0 radical (unpaired) electrons. The molecule has 0 aromatic carbocycles. The Morgan fingerprint density at radius 2 is 2.22 bits per heavy atom. The topological polar surface area (TPSA) is 91.2 Å². The second kappa shape index (κ2) is 5.45. The molecule has 2 aromatic heterocycles. The van der Waals surface area contributed by atoms with E-state index in [0.29, 0.717) is 30.5 Å². The first kappa shape index (κ1) is 14.4. The third-order valence-electron chi connectivity index (χ3n) is 4.68. The molecule has 2 fully saturated rings. The summed E-state index contributed by atoms with van der Waals surface area (Å²) in [5, 5.41) is 10.8. The second-order valence-electron chi connectivity index (χ2n) is 6.42. The minimum atomic E-state index is -0.0556. The monoisotopic (exact) mass is 316 g/mol. The predicted octanol–water partition coefficient (Wildman–Crippen LogP) is 1.11. The van der Waals surface area contributed by atoms with E-state index >= 15 is 0 Å². The lowest BCUT2D eigenvalue weighted by Crippen LogP contribution is -2.49. The SMILES string of the molecule is Cc1[nH]ncc1C(=O)N1CCN(C)[C@H](c2nc(C3CC3)no2)C1. The van der Waals surface area contributed by atoms with E-state index in [2.05, 4.69) is 25.2 Å². The smallest absolute Gasteiger partial charge is 0.257 e. The maximum absolute atomic E-state index is 12.7. The molecule has 1 amide bonds. The molecular weight excluding hydrogens is 296 g/mol. The Morgan fingerprint density at radius 3 is 2.91 bits per heavy atom. The molecule has 8 heteroatoms. The van der Waals surface area contributed by atoms with Crippen LogP contribution in [0.2, 0.25) is 0 Å². The van der Waals surface area contributed by atoms with Crippen LogP contribution in [0, 0.1) is 6.92 Å². The average Bonchev–Trinajstić information content (AvgIpc) is 3.12. The van der Waals surface area contributed by atoms with E-state index in [4.69, 9.17) is 4.52 Å². The van der Waals surface area contributed by atoms with Crippen molar-refractivity contribution >= 4 is 5.91 Å². The van der Waals surface area contributed by atoms with Crippen LogP contribution in [0.4, 0.5) is 0 Å². The number of hydrogen-bond donors (Lipinski definition) is 1. The van der Waals surface area contributed by atoms with Crippen molar-refractivity contribution in [2.45, 2.75) is 31.7 Å². The standard InChI is InChI=1S/C15H20N6O2/c1-9-11(7-16-18-9)15(22)21-6-5-20(2)12(8-21)14-17-13(19-23-14)10-3-4-10/h7,10,12H,3-6,8H2,1-2H3,(H,16,18)/t12-/m0/s1. The molecule has 23 heavy (non-hydrogen) atoms. The maximum atomic E-state index is 12.7. The molecule has 8 nitrogen and oxygen atoms in total. The molecule has 1 atom stereocenters. The summed E-state index contributed by atoms with van der Waals surface area (Å²) in [6, 6.07) is -0.0556. The third-order valence-corrected chi connectivity index (χ3v) is 4.68. The predicted molar refractivity (Wildman–Crippen MR) is 80.9 cm³/mol. The zero-order valence-electron chi connectivity index (χ0n) is 13.3. The van der Waals surface area contributed by atoms with Gasteiger partial charge in [0.2, 0.25) is 5.89 Å². The summed E-state index contributed by atoms with van der Waals surface area (Å²) in [6.07, 6.45) is 3.87. The number of aromatic amines is 1. The van der Waals surface area contributed by atoms with Crippen LogP contribution < -0.4 is 0 Å². The van der Waals surface area contributed by atoms with E-state index in [9.17, 15) is 4.79 Å². The fraction of sp³-hybridized carbons (Fsp3) is 0.600. The van der Waals surface area contributed by atoms with Gasteiger partial charge in [-0.25, -0.2) is 0 Å². The van der Waals surface area contributed by atoms with E-state index in [1.807, 2.05) is 18.9 Å². The summed E-state index contributed by atoms with van der Waals surface area (Å²) in [7, 11) is 2.02. The highest BCUT2D eigenvalue weighted by Gasteiger charge is 2.35. The van der Waals surface area contributed by atoms with Gasteiger partial charge in [0, 0.05) is 31.2 Å². The number of aryl methyl sites for hydroxylation is 1. The largest absolute Gasteiger partial charge is 0.338 e. The molecule has 1 aliphatic heterocycles. The molecule has 122 valence electrons. The molecule has 0 unspecified atom stereocenters. The molecule has 4 rings (SSSR count). The normalized spacial score (nSPS) is 22.5. The number of amides is 1. The summed E-state index contributed by atoms with van der Waals surface area (Å²) < 4.78 is 5.46. The second-order valence-corrected chi connectivity index (χ2v) is 6.42. The van der Waals surface area contributed by atoms with Crippen LogP contribution in [0.1, 0.15) is 52.6 Å². The van der Waals surface area contributed by atoms with Gasteiger partial charge in [-0.15, -0.1) is 0 Å². The van der Waals surface area contributed by atoms with E-state index in [1.54, 1.807) is 6.20 Å². The number of rotatable bonds is 3. The number of hydrogen-bond acceptors (Lipinski definition) is 6. The molecule has 0 spiro atoms. The number of carbonyl (C=O) groups is 1. The Morgan fingerprint density at radius 1 is 1.39 bits per heavy atom. The molecule has 2 aliphatic rings. The van der Waals surface area contributed by atoms with Crippen molar-refractivity contribution in [1.29, 1.82) is 0 Å². The Bertz CT molecular complexity index is 719. The quantitative estimate of drug-likeness (QED) is 0.912. The van der Waals surface area contributed by atoms with Crippen LogP contribution in [-0.2, 0) is 0 Å². The van der Waals surface area contributed by atoms with Gasteiger partial charge in [0.05, 0.1) is 11.8 Å². The maximum Gasteiger partial charge on any atom is 0.257 e. The highest BCUT2D eigenvalue weighted by molar-refractivity contribution is 5.95. The summed E-state index contributed by atoms with van der Waals surface area (Å²) in [5.74, 6) is 1.88. The summed E-state index contributed by atoms with van der Waals surface area (Å²) >= 11 is 0. The van der Waals surface area contributed by atoms with E-state index in [0.717, 1.165) is 30.9 Å². The molecular formula is C15H20N6O2. The first-order valence-electron chi connectivity index (χ1n) is 7.96. The molecule has 2 aromatic rings. The van der Waals surface area contributed by atoms with Gasteiger partial charge in [-0.1, -0.05) is 5.16 Å². The number of aromatic nitrogens is 4. The highest BCUT2D eigenvalue weighted by atomic mass is 16.5. The van der Waals surface area contributed by atoms with Crippen LogP contribution in [0.25, 0.3) is 0 Å². The zero-order chi connectivity index (χ0) is 16.0. The van der Waals surface area contributed by atoms with Crippen LogP contribution in [0.5, 0.6) is 0 Å². The minimum Gasteiger partial charge on any atom is -0.338 e. The Balaban J connectivity index is 1.53. The number of nitrogens with zero attached hydrogens (tertiary/aromatic N) is 5. The van der Waals surface area contributed by atoms with Crippen molar-refractivity contribution in [3.8, 4) is 0 Å². The fourth-order valence-electron chi connectivity index (χ4n) is 2.95.